The van der Waals surface area contributed by atoms with Crippen molar-refractivity contribution in [2.24, 2.45) is 0 Å². The zero-order chi connectivity index (χ0) is 12.4. The van der Waals surface area contributed by atoms with Crippen molar-refractivity contribution in [2.75, 3.05) is 0 Å². The van der Waals surface area contributed by atoms with Crippen molar-refractivity contribution < 1.29 is 62.0 Å². The maximum absolute atomic E-state index is 9.87. The minimum absolute atomic E-state index is 0. The molecule has 7 nitrogen and oxygen atoms in total. The molecule has 0 aliphatic heterocycles. The number of carbonyl (C=O) groups is 2. The predicted octanol–water partition coefficient (Wildman–Crippen LogP) is -2.52. The van der Waals surface area contributed by atoms with Gasteiger partial charge in [0.15, 0.2) is 0 Å². The molecule has 2 N–H and O–H groups in total. The molecule has 0 amide bonds. The van der Waals surface area contributed by atoms with E-state index in [1.54, 1.807) is 0 Å². The second-order valence-electron chi connectivity index (χ2n) is 1.95. The van der Waals surface area contributed by atoms with E-state index in [-0.39, 0.29) is 35.1 Å². The van der Waals surface area contributed by atoms with Crippen molar-refractivity contribution in [3.8, 4) is 0 Å². The Labute approximate surface area is 116 Å². The summed E-state index contributed by atoms with van der Waals surface area (Å²) in [5, 5.41) is 16.1. The molecule has 0 atom stereocenters. The number of hydrogen-bond donors (Lipinski definition) is 2. The number of hydrogen-bond acceptors (Lipinski definition) is 6. The first-order valence-corrected chi connectivity index (χ1v) is 4.31. The van der Waals surface area contributed by atoms with Crippen molar-refractivity contribution in [1.29, 1.82) is 0 Å². The molecule has 0 radical (unpaired) electrons. The summed E-state index contributed by atoms with van der Waals surface area (Å²) in [7, 11) is -2.43. The van der Waals surface area contributed by atoms with Crippen molar-refractivity contribution >= 4 is 22.9 Å². The summed E-state index contributed by atoms with van der Waals surface area (Å²) >= 11 is 0. The average molecular weight is 260 g/mol. The first-order chi connectivity index (χ1) is 6.81. The van der Waals surface area contributed by atoms with Gasteiger partial charge in [-0.3, -0.25) is 4.79 Å². The van der Waals surface area contributed by atoms with E-state index in [4.69, 9.17) is 10.2 Å². The van der Waals surface area contributed by atoms with Gasteiger partial charge in [-0.2, -0.15) is 0 Å². The van der Waals surface area contributed by atoms with Crippen LogP contribution in [0.5, 0.6) is 0 Å². The molecule has 86 valence electrons. The molecule has 0 fully saturated rings. The van der Waals surface area contributed by atoms with Gasteiger partial charge >= 0.3 is 41.5 Å². The van der Waals surface area contributed by atoms with Gasteiger partial charge in [0.1, 0.15) is 11.0 Å². The third kappa shape index (κ3) is 18.9. The first-order valence-electron chi connectivity index (χ1n) is 3.31. The van der Waals surface area contributed by atoms with Crippen LogP contribution in [0, 0.1) is 0 Å². The van der Waals surface area contributed by atoms with E-state index in [9.17, 15) is 18.0 Å². The molecular weight excluding hydrogens is 251 g/mol. The van der Waals surface area contributed by atoms with Gasteiger partial charge in [-0.1, -0.05) is 13.2 Å². The van der Waals surface area contributed by atoms with E-state index in [0.717, 1.165) is 6.26 Å². The van der Waals surface area contributed by atoms with Crippen LogP contribution in [0.2, 0.25) is 0 Å². The number of rotatable bonds is 5. The van der Waals surface area contributed by atoms with Gasteiger partial charge in [0, 0.05) is 5.57 Å². The Morgan fingerprint density at radius 3 is 1.81 bits per heavy atom. The molecule has 0 saturated heterocycles. The van der Waals surface area contributed by atoms with Crippen LogP contribution in [-0.2, 0) is 33.2 Å². The molecule has 0 spiro atoms. The summed E-state index contributed by atoms with van der Waals surface area (Å²) in [6.07, 6.45) is 0.332. The normalized spacial score (nSPS) is 7.81. The van der Waals surface area contributed by atoms with Gasteiger partial charge in [-0.05, 0) is 0 Å². The summed E-state index contributed by atoms with van der Waals surface area (Å²) in [4.78, 5) is 19.7. The third-order valence-corrected chi connectivity index (χ3v) is 1.11. The topological polar surface area (TPSA) is 118 Å². The van der Waals surface area contributed by atoms with Gasteiger partial charge in [-0.25, -0.2) is 4.79 Å². The fraction of sp³-hybridized carbons (Fsp3) is 0.143. The van der Waals surface area contributed by atoms with Gasteiger partial charge in [0.05, 0.1) is 12.7 Å². The SMILES string of the molecule is C=C(CC(=O)O)C(=O)O.C=CO[S-](=O)=O.[Na+]. The zero-order valence-corrected chi connectivity index (χ0v) is 11.4. The van der Waals surface area contributed by atoms with Crippen LogP contribution in [-0.4, -0.2) is 22.2 Å². The van der Waals surface area contributed by atoms with Crippen molar-refractivity contribution in [3.63, 3.8) is 0 Å². The molecular formula is C7H9NaO7S. The number of carboxylic acids is 2. The Morgan fingerprint density at radius 1 is 1.31 bits per heavy atom. The van der Waals surface area contributed by atoms with Crippen molar-refractivity contribution in [1.82, 2.24) is 0 Å². The van der Waals surface area contributed by atoms with Gasteiger partial charge < -0.3 is 22.8 Å². The zero-order valence-electron chi connectivity index (χ0n) is 8.54. The largest absolute Gasteiger partial charge is 1.00 e. The monoisotopic (exact) mass is 260 g/mol. The third-order valence-electron chi connectivity index (χ3n) is 0.814. The van der Waals surface area contributed by atoms with Crippen molar-refractivity contribution in [3.05, 3.63) is 25.0 Å². The predicted molar refractivity (Wildman–Crippen MR) is 49.0 cm³/mol. The van der Waals surface area contributed by atoms with Gasteiger partial charge in [0.25, 0.3) is 0 Å². The summed E-state index contributed by atoms with van der Waals surface area (Å²) in [5.41, 5.74) is -0.303. The molecule has 16 heavy (non-hydrogen) atoms. The van der Waals surface area contributed by atoms with E-state index in [0.29, 0.717) is 0 Å². The number of aliphatic carboxylic acids is 2. The summed E-state index contributed by atoms with van der Waals surface area (Å²) < 4.78 is 22.3. The Balaban J connectivity index is -0.000000214. The summed E-state index contributed by atoms with van der Waals surface area (Å²) in [6.45, 7) is 6.00. The van der Waals surface area contributed by atoms with E-state index in [1.807, 2.05) is 0 Å². The molecule has 0 bridgehead atoms. The van der Waals surface area contributed by atoms with E-state index in [1.165, 1.54) is 0 Å². The Morgan fingerprint density at radius 2 is 1.75 bits per heavy atom. The van der Waals surface area contributed by atoms with E-state index >= 15 is 0 Å². The Hall–Kier alpha value is -0.830. The summed E-state index contributed by atoms with van der Waals surface area (Å²) in [5.74, 6) is -2.44. The van der Waals surface area contributed by atoms with Crippen LogP contribution in [0.3, 0.4) is 0 Å². The van der Waals surface area contributed by atoms with E-state index < -0.39 is 29.3 Å². The smallest absolute Gasteiger partial charge is 0.539 e. The fourth-order valence-corrected chi connectivity index (χ4v) is 0.425. The molecule has 0 aromatic carbocycles. The molecule has 0 unspecified atom stereocenters. The van der Waals surface area contributed by atoms with Gasteiger partial charge in [-0.15, -0.1) is 0 Å². The molecule has 0 saturated carbocycles. The molecule has 0 aliphatic rings. The molecule has 0 rings (SSSR count). The van der Waals surface area contributed by atoms with Crippen LogP contribution in [0.1, 0.15) is 6.42 Å². The second-order valence-corrected chi connectivity index (χ2v) is 2.55. The Bertz CT molecular complexity index is 326. The molecule has 0 aromatic heterocycles. The molecule has 0 heterocycles. The molecule has 9 heteroatoms. The van der Waals surface area contributed by atoms with Crippen molar-refractivity contribution in [2.45, 2.75) is 6.42 Å². The average Bonchev–Trinajstić information content (AvgIpc) is 2.03. The van der Waals surface area contributed by atoms with E-state index in [2.05, 4.69) is 17.3 Å². The first kappa shape index (κ1) is 20.6. The van der Waals surface area contributed by atoms with Crippen LogP contribution >= 0.6 is 0 Å². The Kier molecular flexibility index (Phi) is 15.7. The van der Waals surface area contributed by atoms with Crippen LogP contribution < -0.4 is 29.6 Å². The maximum Gasteiger partial charge on any atom is 1.00 e. The summed E-state index contributed by atoms with van der Waals surface area (Å²) in [6, 6.07) is 0. The van der Waals surface area contributed by atoms with Gasteiger partial charge in [0.2, 0.25) is 0 Å². The quantitative estimate of drug-likeness (QED) is 0.242. The second kappa shape index (κ2) is 12.2. The maximum atomic E-state index is 9.87. The van der Waals surface area contributed by atoms with Crippen LogP contribution in [0.15, 0.2) is 25.0 Å². The standard InChI is InChI=1S/C5H6O4.C2H3O3S.Na/c1-3(5(8)9)2-4(6)7;1-2-5-6(3)4;/h1-2H2,(H,6,7)(H,8,9);2H,1H2;/q;-1;+1. The number of carboxylic acid groups (broad SMARTS) is 2. The van der Waals surface area contributed by atoms with Crippen LogP contribution in [0.4, 0.5) is 0 Å². The molecule has 0 aromatic rings. The minimum atomic E-state index is -2.43. The molecule has 0 aliphatic carbocycles. The fourth-order valence-electron chi connectivity index (χ4n) is 0.314. The van der Waals surface area contributed by atoms with Crippen LogP contribution in [0.25, 0.3) is 0 Å². The minimum Gasteiger partial charge on any atom is -0.539 e.